The average molecular weight is 346 g/mol. The summed E-state index contributed by atoms with van der Waals surface area (Å²) in [5, 5.41) is 2.59. The van der Waals surface area contributed by atoms with Gasteiger partial charge in [0.15, 0.2) is 0 Å². The molecule has 1 aliphatic rings. The number of H-pyrrole nitrogens is 1. The highest BCUT2D eigenvalue weighted by atomic mass is 32.2. The van der Waals surface area contributed by atoms with E-state index in [0.29, 0.717) is 21.3 Å². The van der Waals surface area contributed by atoms with Crippen LogP contribution in [0.4, 0.5) is 5.69 Å². The van der Waals surface area contributed by atoms with Gasteiger partial charge in [0.1, 0.15) is 4.21 Å². The molecule has 2 heterocycles. The van der Waals surface area contributed by atoms with Gasteiger partial charge in [-0.2, -0.15) is 0 Å². The second kappa shape index (κ2) is 5.21. The molecule has 1 saturated carbocycles. The summed E-state index contributed by atoms with van der Waals surface area (Å²) in [6, 6.07) is 10.2. The molecule has 1 aromatic carbocycles. The van der Waals surface area contributed by atoms with Crippen molar-refractivity contribution < 1.29 is 8.42 Å². The number of aromatic nitrogens is 1. The fourth-order valence-corrected chi connectivity index (χ4v) is 5.28. The van der Waals surface area contributed by atoms with E-state index >= 15 is 0 Å². The summed E-state index contributed by atoms with van der Waals surface area (Å²) >= 11 is 1.23. The lowest BCUT2D eigenvalue weighted by atomic mass is 10.2. The quantitative estimate of drug-likeness (QED) is 0.761. The zero-order valence-electron chi connectivity index (χ0n) is 12.1. The number of rotatable bonds is 4. The number of anilines is 1. The number of thiophene rings is 1. The van der Waals surface area contributed by atoms with Crippen LogP contribution in [-0.2, 0) is 10.0 Å². The molecule has 0 radical (unpaired) electrons. The van der Waals surface area contributed by atoms with Crippen LogP contribution >= 0.6 is 11.3 Å². The maximum absolute atomic E-state index is 12.8. The van der Waals surface area contributed by atoms with E-state index in [0.717, 1.165) is 23.8 Å². The molecule has 0 atom stereocenters. The second-order valence-corrected chi connectivity index (χ2v) is 8.43. The molecule has 0 spiro atoms. The summed E-state index contributed by atoms with van der Waals surface area (Å²) < 4.78 is 28.5. The first-order valence-electron chi connectivity index (χ1n) is 7.27. The van der Waals surface area contributed by atoms with Gasteiger partial charge < -0.3 is 4.98 Å². The Morgan fingerprint density at radius 1 is 1.13 bits per heavy atom. The van der Waals surface area contributed by atoms with Gasteiger partial charge in [-0.3, -0.25) is 9.52 Å². The number of benzene rings is 1. The predicted octanol–water partition coefficient (Wildman–Crippen LogP) is 3.27. The van der Waals surface area contributed by atoms with Gasteiger partial charge in [0.25, 0.3) is 10.0 Å². The molecule has 0 amide bonds. The lowest BCUT2D eigenvalue weighted by Gasteiger charge is -2.10. The highest BCUT2D eigenvalue weighted by Crippen LogP contribution is 2.45. The Morgan fingerprint density at radius 2 is 1.96 bits per heavy atom. The molecule has 2 aromatic heterocycles. The van der Waals surface area contributed by atoms with Crippen LogP contribution in [0.3, 0.4) is 0 Å². The number of para-hydroxylation sites is 1. The van der Waals surface area contributed by atoms with Crippen molar-refractivity contribution in [1.82, 2.24) is 4.98 Å². The van der Waals surface area contributed by atoms with Gasteiger partial charge in [-0.15, -0.1) is 11.3 Å². The number of fused-ring (bicyclic) bond motifs is 1. The van der Waals surface area contributed by atoms with E-state index in [-0.39, 0.29) is 5.56 Å². The van der Waals surface area contributed by atoms with E-state index in [9.17, 15) is 13.2 Å². The van der Waals surface area contributed by atoms with Crippen LogP contribution in [-0.4, -0.2) is 13.4 Å². The summed E-state index contributed by atoms with van der Waals surface area (Å²) in [4.78, 5) is 14.2. The summed E-state index contributed by atoms with van der Waals surface area (Å²) in [5.41, 5.74) is 1.51. The average Bonchev–Trinajstić information content (AvgIpc) is 3.24. The fourth-order valence-electron chi connectivity index (χ4n) is 2.68. The second-order valence-electron chi connectivity index (χ2n) is 5.64. The molecule has 0 unspecified atom stereocenters. The molecule has 0 aliphatic heterocycles. The molecule has 0 bridgehead atoms. The van der Waals surface area contributed by atoms with E-state index in [1.54, 1.807) is 18.2 Å². The van der Waals surface area contributed by atoms with Gasteiger partial charge in [-0.25, -0.2) is 8.42 Å². The van der Waals surface area contributed by atoms with Crippen molar-refractivity contribution >= 4 is 38.0 Å². The minimum Gasteiger partial charge on any atom is -0.320 e. The molecule has 4 rings (SSSR count). The van der Waals surface area contributed by atoms with Crippen LogP contribution in [0.15, 0.2) is 50.8 Å². The lowest BCUT2D eigenvalue weighted by molar-refractivity contribution is 0.602. The van der Waals surface area contributed by atoms with Crippen molar-refractivity contribution in [2.45, 2.75) is 23.0 Å². The van der Waals surface area contributed by atoms with Crippen molar-refractivity contribution in [2.75, 3.05) is 4.72 Å². The minimum atomic E-state index is -3.66. The Hall–Kier alpha value is -2.12. The summed E-state index contributed by atoms with van der Waals surface area (Å²) in [6.07, 6.45) is 2.09. The molecule has 0 saturated heterocycles. The number of nitrogens with one attached hydrogen (secondary N) is 2. The van der Waals surface area contributed by atoms with Crippen molar-refractivity contribution in [3.05, 3.63) is 57.7 Å². The molecule has 3 aromatic rings. The Balaban J connectivity index is 1.79. The number of sulfonamides is 1. The van der Waals surface area contributed by atoms with Crippen LogP contribution in [0.5, 0.6) is 0 Å². The van der Waals surface area contributed by atoms with Crippen LogP contribution in [0.25, 0.3) is 10.9 Å². The third-order valence-electron chi connectivity index (χ3n) is 3.92. The van der Waals surface area contributed by atoms with Crippen LogP contribution in [0.2, 0.25) is 0 Å². The third kappa shape index (κ3) is 2.66. The van der Waals surface area contributed by atoms with Crippen molar-refractivity contribution in [1.29, 1.82) is 0 Å². The summed E-state index contributed by atoms with van der Waals surface area (Å²) in [6.45, 7) is 0. The topological polar surface area (TPSA) is 79.0 Å². The van der Waals surface area contributed by atoms with Gasteiger partial charge in [0.05, 0.1) is 11.2 Å². The SMILES string of the molecule is O=c1ccc2cccc(NS(=O)(=O)c3sccc3C3CC3)c2[nH]1. The third-order valence-corrected chi connectivity index (χ3v) is 6.80. The molecular weight excluding hydrogens is 332 g/mol. The van der Waals surface area contributed by atoms with E-state index in [1.807, 2.05) is 17.5 Å². The largest absolute Gasteiger partial charge is 0.320 e. The molecule has 118 valence electrons. The lowest BCUT2D eigenvalue weighted by Crippen LogP contribution is -2.14. The number of pyridine rings is 1. The Labute approximate surface area is 137 Å². The van der Waals surface area contributed by atoms with Crippen molar-refractivity contribution in [3.63, 3.8) is 0 Å². The van der Waals surface area contributed by atoms with Gasteiger partial charge in [-0.1, -0.05) is 12.1 Å². The molecule has 1 fully saturated rings. The molecule has 5 nitrogen and oxygen atoms in total. The number of hydrogen-bond acceptors (Lipinski definition) is 4. The molecule has 2 N–H and O–H groups in total. The van der Waals surface area contributed by atoms with Crippen LogP contribution < -0.4 is 10.3 Å². The Bertz CT molecular complexity index is 1050. The monoisotopic (exact) mass is 346 g/mol. The zero-order chi connectivity index (χ0) is 16.0. The standard InChI is InChI=1S/C16H14N2O3S2/c19-14-7-6-11-2-1-3-13(15(11)17-14)18-23(20,21)16-12(8-9-22-16)10-4-5-10/h1-3,6-10,18H,4-5H2,(H,17,19). The molecule has 23 heavy (non-hydrogen) atoms. The minimum absolute atomic E-state index is 0.265. The maximum Gasteiger partial charge on any atom is 0.271 e. The first-order valence-corrected chi connectivity index (χ1v) is 9.63. The van der Waals surface area contributed by atoms with E-state index in [4.69, 9.17) is 0 Å². The fraction of sp³-hybridized carbons (Fsp3) is 0.188. The summed E-state index contributed by atoms with van der Waals surface area (Å²) in [7, 11) is -3.66. The first kappa shape index (κ1) is 14.5. The number of aromatic amines is 1. The van der Waals surface area contributed by atoms with Crippen LogP contribution in [0, 0.1) is 0 Å². The van der Waals surface area contributed by atoms with Crippen molar-refractivity contribution in [3.8, 4) is 0 Å². The maximum atomic E-state index is 12.8. The van der Waals surface area contributed by atoms with Crippen molar-refractivity contribution in [2.24, 2.45) is 0 Å². The zero-order valence-corrected chi connectivity index (χ0v) is 13.7. The highest BCUT2D eigenvalue weighted by Gasteiger charge is 2.31. The Kier molecular flexibility index (Phi) is 3.28. The van der Waals surface area contributed by atoms with Gasteiger partial charge in [0, 0.05) is 11.5 Å². The van der Waals surface area contributed by atoms with Gasteiger partial charge >= 0.3 is 0 Å². The summed E-state index contributed by atoms with van der Waals surface area (Å²) in [5.74, 6) is 0.361. The molecular formula is C16H14N2O3S2. The van der Waals surface area contributed by atoms with E-state index < -0.39 is 10.0 Å². The normalized spacial score (nSPS) is 15.0. The van der Waals surface area contributed by atoms with E-state index in [2.05, 4.69) is 9.71 Å². The predicted molar refractivity (Wildman–Crippen MR) is 91.7 cm³/mol. The molecule has 1 aliphatic carbocycles. The Morgan fingerprint density at radius 3 is 2.74 bits per heavy atom. The van der Waals surface area contributed by atoms with E-state index in [1.165, 1.54) is 17.4 Å². The highest BCUT2D eigenvalue weighted by molar-refractivity contribution is 7.94. The van der Waals surface area contributed by atoms with Crippen LogP contribution in [0.1, 0.15) is 24.3 Å². The van der Waals surface area contributed by atoms with Gasteiger partial charge in [-0.05, 0) is 47.9 Å². The van der Waals surface area contributed by atoms with Gasteiger partial charge in [0.2, 0.25) is 5.56 Å². The first-order chi connectivity index (χ1) is 11.0. The smallest absolute Gasteiger partial charge is 0.271 e. The number of hydrogen-bond donors (Lipinski definition) is 2. The molecule has 7 heteroatoms.